The quantitative estimate of drug-likeness (QED) is 0.623. The number of nitrogens with zero attached hydrogens (tertiary/aromatic N) is 1. The molecule has 0 aromatic heterocycles. The first-order chi connectivity index (χ1) is 11.2. The maximum atomic E-state index is 14.4. The van der Waals surface area contributed by atoms with Gasteiger partial charge in [-0.05, 0) is 20.8 Å². The third kappa shape index (κ3) is 5.16. The summed E-state index contributed by atoms with van der Waals surface area (Å²) in [5.41, 5.74) is 0. The Kier molecular flexibility index (Phi) is 7.08. The molecule has 4 atom stereocenters. The molecule has 0 aliphatic carbocycles. The van der Waals surface area contributed by atoms with Crippen LogP contribution >= 0.6 is 0 Å². The Morgan fingerprint density at radius 2 is 1.28 bits per heavy atom. The number of halogens is 8. The predicted molar refractivity (Wildman–Crippen MR) is 72.7 cm³/mol. The number of hydrogen-bond acceptors (Lipinski definition) is 3. The van der Waals surface area contributed by atoms with E-state index in [0.717, 1.165) is 13.8 Å². The number of ether oxygens (including phenoxy) is 2. The molecule has 0 radical (unpaired) electrons. The Morgan fingerprint density at radius 3 is 1.72 bits per heavy atom. The summed E-state index contributed by atoms with van der Waals surface area (Å²) >= 11 is 0. The highest BCUT2D eigenvalue weighted by atomic mass is 19.4. The molecule has 0 spiro atoms. The van der Waals surface area contributed by atoms with E-state index in [4.69, 9.17) is 4.74 Å². The molecular weight excluding hydrogens is 366 g/mol. The smallest absolute Gasteiger partial charge is 0.379 e. The summed E-state index contributed by atoms with van der Waals surface area (Å²) in [6.45, 7) is 3.18. The SMILES string of the molecule is CC(OC(C)C(F)(F)C(F)C(F)(F)F)C(F)(F)C(C)N1CCOCC1. The van der Waals surface area contributed by atoms with E-state index in [1.54, 1.807) is 0 Å². The van der Waals surface area contributed by atoms with Crippen LogP contribution in [0.1, 0.15) is 20.8 Å². The summed E-state index contributed by atoms with van der Waals surface area (Å²) in [4.78, 5) is 1.36. The Balaban J connectivity index is 2.79. The van der Waals surface area contributed by atoms with E-state index in [-0.39, 0.29) is 26.3 Å². The second-order valence-corrected chi connectivity index (χ2v) is 6.00. The van der Waals surface area contributed by atoms with Gasteiger partial charge in [0.15, 0.2) is 0 Å². The largest absolute Gasteiger partial charge is 0.425 e. The van der Waals surface area contributed by atoms with Crippen molar-refractivity contribution in [3.63, 3.8) is 0 Å². The molecule has 0 amide bonds. The number of morpholine rings is 1. The molecule has 0 aromatic rings. The summed E-state index contributed by atoms with van der Waals surface area (Å²) < 4.78 is 115. The molecule has 1 saturated heterocycles. The van der Waals surface area contributed by atoms with Gasteiger partial charge in [0, 0.05) is 13.1 Å². The van der Waals surface area contributed by atoms with Crippen molar-refractivity contribution in [3.8, 4) is 0 Å². The number of rotatable bonds is 7. The van der Waals surface area contributed by atoms with Crippen molar-refractivity contribution in [2.75, 3.05) is 26.3 Å². The average molecular weight is 387 g/mol. The minimum atomic E-state index is -5.83. The highest BCUT2D eigenvalue weighted by Crippen LogP contribution is 2.39. The third-order valence-electron chi connectivity index (χ3n) is 4.27. The molecule has 1 fully saturated rings. The van der Waals surface area contributed by atoms with Gasteiger partial charge in [0.05, 0.1) is 19.3 Å². The molecule has 1 rings (SSSR count). The zero-order chi connectivity index (χ0) is 19.6. The monoisotopic (exact) mass is 387 g/mol. The van der Waals surface area contributed by atoms with Crippen LogP contribution in [-0.4, -0.2) is 73.6 Å². The van der Waals surface area contributed by atoms with E-state index < -0.39 is 42.4 Å². The summed E-state index contributed by atoms with van der Waals surface area (Å²) in [5, 5.41) is 0. The summed E-state index contributed by atoms with van der Waals surface area (Å²) in [5.74, 6) is -8.64. The van der Waals surface area contributed by atoms with Gasteiger partial charge in [0.2, 0.25) is 0 Å². The lowest BCUT2D eigenvalue weighted by molar-refractivity contribution is -0.286. The molecule has 0 aromatic carbocycles. The van der Waals surface area contributed by atoms with E-state index in [2.05, 4.69) is 4.74 Å². The summed E-state index contributed by atoms with van der Waals surface area (Å²) in [6, 6.07) is -1.42. The van der Waals surface area contributed by atoms with Crippen LogP contribution in [0.2, 0.25) is 0 Å². The molecule has 0 bridgehead atoms. The highest BCUT2D eigenvalue weighted by molar-refractivity contribution is 4.92. The van der Waals surface area contributed by atoms with Crippen LogP contribution < -0.4 is 0 Å². The normalized spacial score (nSPS) is 23.2. The Bertz CT molecular complexity index is 426. The highest BCUT2D eigenvalue weighted by Gasteiger charge is 2.61. The predicted octanol–water partition coefficient (Wildman–Crippen LogP) is 3.67. The van der Waals surface area contributed by atoms with Crippen molar-refractivity contribution in [2.24, 2.45) is 0 Å². The molecule has 1 aliphatic heterocycles. The average Bonchev–Trinajstić information content (AvgIpc) is 2.52. The van der Waals surface area contributed by atoms with E-state index >= 15 is 0 Å². The van der Waals surface area contributed by atoms with Gasteiger partial charge >= 0.3 is 12.1 Å². The Hall–Kier alpha value is -0.680. The molecule has 1 aliphatic rings. The Morgan fingerprint density at radius 1 is 0.840 bits per heavy atom. The maximum Gasteiger partial charge on any atom is 0.425 e. The second-order valence-electron chi connectivity index (χ2n) is 6.00. The fourth-order valence-corrected chi connectivity index (χ4v) is 2.46. The van der Waals surface area contributed by atoms with Crippen molar-refractivity contribution >= 4 is 0 Å². The van der Waals surface area contributed by atoms with Gasteiger partial charge in [0.1, 0.15) is 12.2 Å². The molecular formula is C14H21F8NO2. The van der Waals surface area contributed by atoms with E-state index in [1.807, 2.05) is 0 Å². The van der Waals surface area contributed by atoms with Crippen LogP contribution in [0.25, 0.3) is 0 Å². The van der Waals surface area contributed by atoms with E-state index in [1.165, 1.54) is 4.90 Å². The maximum absolute atomic E-state index is 14.4. The third-order valence-corrected chi connectivity index (χ3v) is 4.27. The van der Waals surface area contributed by atoms with Crippen LogP contribution in [0.3, 0.4) is 0 Å². The minimum absolute atomic E-state index is 0.190. The fourth-order valence-electron chi connectivity index (χ4n) is 2.46. The standard InChI is InChI=1S/C14H21F8NO2/c1-8(23-4-6-24-7-5-23)12(16,17)9(2)25-10(3)13(18,19)11(15)14(20,21)22/h8-11H,4-7H2,1-3H3. The zero-order valence-electron chi connectivity index (χ0n) is 13.9. The lowest BCUT2D eigenvalue weighted by Gasteiger charge is -2.40. The molecule has 4 unspecified atom stereocenters. The molecule has 150 valence electrons. The fraction of sp³-hybridized carbons (Fsp3) is 1.00. The summed E-state index contributed by atoms with van der Waals surface area (Å²) in [7, 11) is 0. The van der Waals surface area contributed by atoms with Gasteiger partial charge in [-0.25, -0.2) is 22.0 Å². The molecule has 3 nitrogen and oxygen atoms in total. The lowest BCUT2D eigenvalue weighted by Crippen LogP contribution is -2.57. The number of hydrogen-bond donors (Lipinski definition) is 0. The zero-order valence-corrected chi connectivity index (χ0v) is 13.9. The van der Waals surface area contributed by atoms with E-state index in [0.29, 0.717) is 6.92 Å². The first-order valence-electron chi connectivity index (χ1n) is 7.66. The van der Waals surface area contributed by atoms with Gasteiger partial charge in [0.25, 0.3) is 12.1 Å². The summed E-state index contributed by atoms with van der Waals surface area (Å²) in [6.07, 6.45) is -15.2. The molecule has 0 saturated carbocycles. The van der Waals surface area contributed by atoms with Crippen LogP contribution in [0.15, 0.2) is 0 Å². The van der Waals surface area contributed by atoms with Gasteiger partial charge in [-0.2, -0.15) is 13.2 Å². The molecule has 25 heavy (non-hydrogen) atoms. The molecule has 11 heteroatoms. The molecule has 0 N–H and O–H groups in total. The van der Waals surface area contributed by atoms with Crippen molar-refractivity contribution in [1.82, 2.24) is 4.90 Å². The van der Waals surface area contributed by atoms with Crippen LogP contribution in [0.5, 0.6) is 0 Å². The second kappa shape index (κ2) is 7.91. The molecule has 1 heterocycles. The van der Waals surface area contributed by atoms with E-state index in [9.17, 15) is 35.1 Å². The minimum Gasteiger partial charge on any atom is -0.379 e. The van der Waals surface area contributed by atoms with Crippen LogP contribution in [0.4, 0.5) is 35.1 Å². The van der Waals surface area contributed by atoms with Crippen molar-refractivity contribution in [1.29, 1.82) is 0 Å². The van der Waals surface area contributed by atoms with Crippen molar-refractivity contribution < 1.29 is 44.6 Å². The van der Waals surface area contributed by atoms with Gasteiger partial charge in [-0.15, -0.1) is 0 Å². The first-order valence-corrected chi connectivity index (χ1v) is 7.66. The first kappa shape index (κ1) is 22.4. The van der Waals surface area contributed by atoms with Crippen molar-refractivity contribution in [2.45, 2.75) is 63.2 Å². The van der Waals surface area contributed by atoms with Crippen LogP contribution in [0, 0.1) is 0 Å². The van der Waals surface area contributed by atoms with Crippen molar-refractivity contribution in [3.05, 3.63) is 0 Å². The van der Waals surface area contributed by atoms with Crippen LogP contribution in [-0.2, 0) is 9.47 Å². The lowest BCUT2D eigenvalue weighted by atomic mass is 10.0. The topological polar surface area (TPSA) is 21.7 Å². The number of alkyl halides is 8. The van der Waals surface area contributed by atoms with Gasteiger partial charge in [-0.1, -0.05) is 0 Å². The van der Waals surface area contributed by atoms with Gasteiger partial charge in [-0.3, -0.25) is 4.90 Å². The van der Waals surface area contributed by atoms with Gasteiger partial charge < -0.3 is 9.47 Å². The Labute approximate surface area is 140 Å².